The SMILES string of the molecule is O=C(CCc1ccc(Cl)cc1Cl)Nc1cc(F)ccc1F. The van der Waals surface area contributed by atoms with Crippen LogP contribution in [0.25, 0.3) is 0 Å². The molecule has 2 nitrogen and oxygen atoms in total. The summed E-state index contributed by atoms with van der Waals surface area (Å²) < 4.78 is 26.4. The normalized spacial score (nSPS) is 10.5. The molecule has 21 heavy (non-hydrogen) atoms. The minimum Gasteiger partial charge on any atom is -0.324 e. The maximum absolute atomic E-state index is 13.4. The molecule has 2 aromatic carbocycles. The van der Waals surface area contributed by atoms with Crippen molar-refractivity contribution in [3.63, 3.8) is 0 Å². The topological polar surface area (TPSA) is 29.1 Å². The van der Waals surface area contributed by atoms with Gasteiger partial charge in [0.1, 0.15) is 11.6 Å². The minimum absolute atomic E-state index is 0.0945. The van der Waals surface area contributed by atoms with Gasteiger partial charge in [-0.1, -0.05) is 29.3 Å². The predicted octanol–water partition coefficient (Wildman–Crippen LogP) is 4.84. The second-order valence-corrected chi connectivity index (χ2v) is 5.25. The summed E-state index contributed by atoms with van der Waals surface area (Å²) in [6, 6.07) is 7.86. The number of nitrogens with one attached hydrogen (secondary N) is 1. The zero-order valence-electron chi connectivity index (χ0n) is 10.8. The van der Waals surface area contributed by atoms with Crippen molar-refractivity contribution in [3.8, 4) is 0 Å². The van der Waals surface area contributed by atoms with Crippen LogP contribution in [0.5, 0.6) is 0 Å². The molecule has 0 atom stereocenters. The van der Waals surface area contributed by atoms with Crippen LogP contribution in [0.1, 0.15) is 12.0 Å². The monoisotopic (exact) mass is 329 g/mol. The number of halogens is 4. The van der Waals surface area contributed by atoms with Crippen molar-refractivity contribution in [3.05, 3.63) is 63.6 Å². The molecule has 0 spiro atoms. The van der Waals surface area contributed by atoms with Gasteiger partial charge in [-0.05, 0) is 36.2 Å². The Kier molecular flexibility index (Phi) is 5.15. The van der Waals surface area contributed by atoms with Gasteiger partial charge in [0.25, 0.3) is 0 Å². The first-order valence-electron chi connectivity index (χ1n) is 6.14. The molecule has 0 saturated carbocycles. The van der Waals surface area contributed by atoms with Crippen molar-refractivity contribution in [2.45, 2.75) is 12.8 Å². The molecular formula is C15H11Cl2F2NO. The maximum atomic E-state index is 13.4. The molecule has 6 heteroatoms. The Balaban J connectivity index is 1.97. The molecule has 0 fully saturated rings. The Morgan fingerprint density at radius 1 is 1.10 bits per heavy atom. The van der Waals surface area contributed by atoms with Gasteiger partial charge in [0.15, 0.2) is 0 Å². The van der Waals surface area contributed by atoms with Crippen molar-refractivity contribution in [2.75, 3.05) is 5.32 Å². The molecule has 2 aromatic rings. The van der Waals surface area contributed by atoms with Gasteiger partial charge in [0.2, 0.25) is 5.91 Å². The number of anilines is 1. The molecule has 0 saturated heterocycles. The first kappa shape index (κ1) is 15.7. The molecule has 0 heterocycles. The van der Waals surface area contributed by atoms with E-state index in [-0.39, 0.29) is 12.1 Å². The second-order valence-electron chi connectivity index (χ2n) is 4.41. The van der Waals surface area contributed by atoms with E-state index in [0.717, 1.165) is 23.8 Å². The summed E-state index contributed by atoms with van der Waals surface area (Å²) in [6.07, 6.45) is 0.468. The van der Waals surface area contributed by atoms with Crippen LogP contribution in [0, 0.1) is 11.6 Å². The van der Waals surface area contributed by atoms with Crippen LogP contribution in [-0.2, 0) is 11.2 Å². The van der Waals surface area contributed by atoms with Gasteiger partial charge < -0.3 is 5.32 Å². The lowest BCUT2D eigenvalue weighted by Crippen LogP contribution is -2.13. The zero-order valence-corrected chi connectivity index (χ0v) is 12.3. The van der Waals surface area contributed by atoms with Gasteiger partial charge >= 0.3 is 0 Å². The van der Waals surface area contributed by atoms with Gasteiger partial charge in [-0.2, -0.15) is 0 Å². The van der Waals surface area contributed by atoms with Crippen LogP contribution in [-0.4, -0.2) is 5.91 Å². The Labute approximate surface area is 130 Å². The average Bonchev–Trinajstić information content (AvgIpc) is 2.42. The Morgan fingerprint density at radius 3 is 2.57 bits per heavy atom. The highest BCUT2D eigenvalue weighted by Gasteiger charge is 2.09. The Hall–Kier alpha value is -1.65. The summed E-state index contributed by atoms with van der Waals surface area (Å²) in [5, 5.41) is 3.30. The number of hydrogen-bond donors (Lipinski definition) is 1. The summed E-state index contributed by atoms with van der Waals surface area (Å²) in [5.41, 5.74) is 0.582. The van der Waals surface area contributed by atoms with Crippen LogP contribution in [0.15, 0.2) is 36.4 Å². The lowest BCUT2D eigenvalue weighted by Gasteiger charge is -2.07. The summed E-state index contributed by atoms with van der Waals surface area (Å²) in [7, 11) is 0. The number of amides is 1. The summed E-state index contributed by atoms with van der Waals surface area (Å²) in [4.78, 5) is 11.8. The molecular weight excluding hydrogens is 319 g/mol. The molecule has 1 N–H and O–H groups in total. The number of carbonyl (C=O) groups is 1. The van der Waals surface area contributed by atoms with Gasteiger partial charge in [0, 0.05) is 22.5 Å². The lowest BCUT2D eigenvalue weighted by molar-refractivity contribution is -0.116. The lowest BCUT2D eigenvalue weighted by atomic mass is 10.1. The number of rotatable bonds is 4. The molecule has 110 valence electrons. The third-order valence-electron chi connectivity index (χ3n) is 2.84. The van der Waals surface area contributed by atoms with Crippen LogP contribution in [0.2, 0.25) is 10.0 Å². The number of aryl methyl sites for hydroxylation is 1. The smallest absolute Gasteiger partial charge is 0.224 e. The van der Waals surface area contributed by atoms with E-state index in [1.807, 2.05) is 0 Å². The van der Waals surface area contributed by atoms with E-state index in [1.165, 1.54) is 0 Å². The van der Waals surface area contributed by atoms with E-state index in [1.54, 1.807) is 18.2 Å². The number of hydrogen-bond acceptors (Lipinski definition) is 1. The van der Waals surface area contributed by atoms with E-state index in [0.29, 0.717) is 16.5 Å². The molecule has 0 aliphatic carbocycles. The molecule has 1 amide bonds. The van der Waals surface area contributed by atoms with Gasteiger partial charge in [-0.25, -0.2) is 8.78 Å². The van der Waals surface area contributed by atoms with E-state index in [4.69, 9.17) is 23.2 Å². The minimum atomic E-state index is -0.686. The molecule has 0 aromatic heterocycles. The number of carbonyl (C=O) groups excluding carboxylic acids is 1. The Morgan fingerprint density at radius 2 is 1.86 bits per heavy atom. The standard InChI is InChI=1S/C15H11Cl2F2NO/c16-10-3-1-9(12(17)7-10)2-6-15(21)20-14-8-11(18)4-5-13(14)19/h1,3-5,7-8H,2,6H2,(H,20,21). The van der Waals surface area contributed by atoms with Crippen molar-refractivity contribution in [1.29, 1.82) is 0 Å². The molecule has 0 bridgehead atoms. The summed E-state index contributed by atoms with van der Waals surface area (Å²) >= 11 is 11.8. The van der Waals surface area contributed by atoms with Crippen molar-refractivity contribution < 1.29 is 13.6 Å². The highest BCUT2D eigenvalue weighted by Crippen LogP contribution is 2.22. The fourth-order valence-corrected chi connectivity index (χ4v) is 2.28. The molecule has 0 unspecified atom stereocenters. The highest BCUT2D eigenvalue weighted by atomic mass is 35.5. The maximum Gasteiger partial charge on any atom is 0.224 e. The van der Waals surface area contributed by atoms with Gasteiger partial charge in [0.05, 0.1) is 5.69 Å². The molecule has 0 aliphatic rings. The fourth-order valence-electron chi connectivity index (χ4n) is 1.78. The van der Waals surface area contributed by atoms with Crippen LogP contribution < -0.4 is 5.32 Å². The largest absolute Gasteiger partial charge is 0.324 e. The molecule has 0 aliphatic heterocycles. The fraction of sp³-hybridized carbons (Fsp3) is 0.133. The summed E-state index contributed by atoms with van der Waals surface area (Å²) in [6.45, 7) is 0. The highest BCUT2D eigenvalue weighted by molar-refractivity contribution is 6.35. The first-order chi connectivity index (χ1) is 9.95. The third-order valence-corrected chi connectivity index (χ3v) is 3.43. The predicted molar refractivity (Wildman–Crippen MR) is 79.8 cm³/mol. The molecule has 0 radical (unpaired) electrons. The van der Waals surface area contributed by atoms with E-state index in [9.17, 15) is 13.6 Å². The average molecular weight is 330 g/mol. The molecule has 2 rings (SSSR count). The van der Waals surface area contributed by atoms with Crippen LogP contribution >= 0.6 is 23.2 Å². The van der Waals surface area contributed by atoms with Crippen molar-refractivity contribution in [1.82, 2.24) is 0 Å². The quantitative estimate of drug-likeness (QED) is 0.854. The van der Waals surface area contributed by atoms with Crippen molar-refractivity contribution in [2.24, 2.45) is 0 Å². The van der Waals surface area contributed by atoms with Crippen LogP contribution in [0.3, 0.4) is 0 Å². The van der Waals surface area contributed by atoms with Crippen LogP contribution in [0.4, 0.5) is 14.5 Å². The second kappa shape index (κ2) is 6.87. The van der Waals surface area contributed by atoms with Gasteiger partial charge in [-0.15, -0.1) is 0 Å². The number of benzene rings is 2. The van der Waals surface area contributed by atoms with E-state index >= 15 is 0 Å². The summed E-state index contributed by atoms with van der Waals surface area (Å²) in [5.74, 6) is -1.73. The first-order valence-corrected chi connectivity index (χ1v) is 6.90. The van der Waals surface area contributed by atoms with Gasteiger partial charge in [-0.3, -0.25) is 4.79 Å². The van der Waals surface area contributed by atoms with Crippen molar-refractivity contribution >= 4 is 34.8 Å². The zero-order chi connectivity index (χ0) is 15.4. The Bertz CT molecular complexity index is 677. The van der Waals surface area contributed by atoms with E-state index < -0.39 is 17.5 Å². The third kappa shape index (κ3) is 4.41. The van der Waals surface area contributed by atoms with E-state index in [2.05, 4.69) is 5.32 Å².